The summed E-state index contributed by atoms with van der Waals surface area (Å²) in [5.41, 5.74) is 0.854. The summed E-state index contributed by atoms with van der Waals surface area (Å²) >= 11 is 0. The van der Waals surface area contributed by atoms with E-state index in [1.807, 2.05) is 6.92 Å². The number of rotatable bonds is 5. The summed E-state index contributed by atoms with van der Waals surface area (Å²) in [6.07, 6.45) is -0.295. The SMILES string of the molecule is CC[C@H](O)c1ccc(OC(C)C(=O)NC)cc1. The molecule has 2 atom stereocenters. The summed E-state index contributed by atoms with van der Waals surface area (Å²) < 4.78 is 5.44. The van der Waals surface area contributed by atoms with Crippen LogP contribution in [0.1, 0.15) is 31.9 Å². The van der Waals surface area contributed by atoms with Crippen molar-refractivity contribution >= 4 is 5.91 Å². The number of carbonyl (C=O) groups excluding carboxylic acids is 1. The summed E-state index contributed by atoms with van der Waals surface area (Å²) in [5.74, 6) is 0.454. The smallest absolute Gasteiger partial charge is 0.260 e. The van der Waals surface area contributed by atoms with Gasteiger partial charge >= 0.3 is 0 Å². The number of benzene rings is 1. The van der Waals surface area contributed by atoms with Crippen LogP contribution in [0.25, 0.3) is 0 Å². The largest absolute Gasteiger partial charge is 0.481 e. The summed E-state index contributed by atoms with van der Waals surface area (Å²) in [6.45, 7) is 3.61. The topological polar surface area (TPSA) is 58.6 Å². The van der Waals surface area contributed by atoms with Crippen LogP contribution in [0.5, 0.6) is 5.75 Å². The Morgan fingerprint density at radius 3 is 2.47 bits per heavy atom. The molecule has 0 aliphatic carbocycles. The van der Waals surface area contributed by atoms with E-state index in [9.17, 15) is 9.90 Å². The molecule has 0 heterocycles. The first-order valence-corrected chi connectivity index (χ1v) is 5.74. The minimum absolute atomic E-state index is 0.164. The fraction of sp³-hybridized carbons (Fsp3) is 0.462. The molecule has 0 radical (unpaired) electrons. The van der Waals surface area contributed by atoms with Gasteiger partial charge in [0.2, 0.25) is 0 Å². The van der Waals surface area contributed by atoms with E-state index in [4.69, 9.17) is 4.74 Å². The maximum Gasteiger partial charge on any atom is 0.260 e. The summed E-state index contributed by atoms with van der Waals surface area (Å²) in [6, 6.07) is 7.13. The molecule has 94 valence electrons. The number of aliphatic hydroxyl groups is 1. The average Bonchev–Trinajstić information content (AvgIpc) is 2.37. The van der Waals surface area contributed by atoms with Crippen molar-refractivity contribution in [1.29, 1.82) is 0 Å². The van der Waals surface area contributed by atoms with Crippen molar-refractivity contribution in [2.75, 3.05) is 7.05 Å². The molecule has 1 aromatic rings. The lowest BCUT2D eigenvalue weighted by atomic mass is 10.1. The zero-order valence-corrected chi connectivity index (χ0v) is 10.4. The average molecular weight is 237 g/mol. The maximum atomic E-state index is 11.3. The van der Waals surface area contributed by atoms with E-state index in [0.717, 1.165) is 5.56 Å². The zero-order valence-electron chi connectivity index (χ0n) is 10.4. The molecule has 0 aliphatic rings. The molecule has 17 heavy (non-hydrogen) atoms. The molecule has 0 spiro atoms. The molecule has 1 unspecified atom stereocenters. The van der Waals surface area contributed by atoms with Crippen LogP contribution >= 0.6 is 0 Å². The molecular weight excluding hydrogens is 218 g/mol. The Labute approximate surface area is 102 Å². The van der Waals surface area contributed by atoms with Gasteiger partial charge in [-0.25, -0.2) is 0 Å². The van der Waals surface area contributed by atoms with E-state index in [1.165, 1.54) is 0 Å². The monoisotopic (exact) mass is 237 g/mol. The lowest BCUT2D eigenvalue weighted by molar-refractivity contribution is -0.126. The Kier molecular flexibility index (Phi) is 4.97. The van der Waals surface area contributed by atoms with Gasteiger partial charge in [0.05, 0.1) is 6.10 Å². The highest BCUT2D eigenvalue weighted by atomic mass is 16.5. The Balaban J connectivity index is 2.65. The number of hydrogen-bond donors (Lipinski definition) is 2. The first-order chi connectivity index (χ1) is 8.08. The second-order valence-electron chi connectivity index (χ2n) is 3.87. The van der Waals surface area contributed by atoms with Gasteiger partial charge in [-0.3, -0.25) is 4.79 Å². The third kappa shape index (κ3) is 3.75. The number of nitrogens with one attached hydrogen (secondary N) is 1. The molecule has 0 aromatic heterocycles. The Morgan fingerprint density at radius 2 is 2.00 bits per heavy atom. The van der Waals surface area contributed by atoms with E-state index in [1.54, 1.807) is 38.2 Å². The normalized spacial score (nSPS) is 13.9. The molecule has 1 amide bonds. The zero-order chi connectivity index (χ0) is 12.8. The quantitative estimate of drug-likeness (QED) is 0.818. The van der Waals surface area contributed by atoms with Crippen molar-refractivity contribution in [3.63, 3.8) is 0 Å². The van der Waals surface area contributed by atoms with E-state index >= 15 is 0 Å². The van der Waals surface area contributed by atoms with Crippen LogP contribution in [0.4, 0.5) is 0 Å². The third-order valence-electron chi connectivity index (χ3n) is 2.58. The number of hydrogen-bond acceptors (Lipinski definition) is 3. The minimum Gasteiger partial charge on any atom is -0.481 e. The van der Waals surface area contributed by atoms with Crippen molar-refractivity contribution < 1.29 is 14.6 Å². The molecule has 1 rings (SSSR count). The first-order valence-electron chi connectivity index (χ1n) is 5.74. The number of amides is 1. The van der Waals surface area contributed by atoms with Gasteiger partial charge in [-0.2, -0.15) is 0 Å². The van der Waals surface area contributed by atoms with Crippen molar-refractivity contribution in [3.8, 4) is 5.75 Å². The molecule has 0 fully saturated rings. The molecule has 1 aromatic carbocycles. The van der Waals surface area contributed by atoms with Gasteiger partial charge in [0.25, 0.3) is 5.91 Å². The maximum absolute atomic E-state index is 11.3. The Hall–Kier alpha value is -1.55. The molecule has 0 bridgehead atoms. The predicted octanol–water partition coefficient (Wildman–Crippen LogP) is 1.64. The highest BCUT2D eigenvalue weighted by Gasteiger charge is 2.12. The summed E-state index contributed by atoms with van der Waals surface area (Å²) in [7, 11) is 1.57. The third-order valence-corrected chi connectivity index (χ3v) is 2.58. The van der Waals surface area contributed by atoms with Crippen LogP contribution in [0.2, 0.25) is 0 Å². The van der Waals surface area contributed by atoms with Crippen molar-refractivity contribution in [2.24, 2.45) is 0 Å². The van der Waals surface area contributed by atoms with Crippen LogP contribution in [0, 0.1) is 0 Å². The Morgan fingerprint density at radius 1 is 1.41 bits per heavy atom. The summed E-state index contributed by atoms with van der Waals surface area (Å²) in [5, 5.41) is 12.1. The van der Waals surface area contributed by atoms with E-state index in [0.29, 0.717) is 12.2 Å². The highest BCUT2D eigenvalue weighted by molar-refractivity contribution is 5.80. The van der Waals surface area contributed by atoms with Gasteiger partial charge in [-0.1, -0.05) is 19.1 Å². The standard InChI is InChI=1S/C13H19NO3/c1-4-12(15)10-5-7-11(8-6-10)17-9(2)13(16)14-3/h5-9,12,15H,4H2,1-3H3,(H,14,16)/t9?,12-/m0/s1. The second kappa shape index (κ2) is 6.25. The molecular formula is C13H19NO3. The molecule has 0 saturated carbocycles. The van der Waals surface area contributed by atoms with Crippen LogP contribution in [0.15, 0.2) is 24.3 Å². The second-order valence-corrected chi connectivity index (χ2v) is 3.87. The number of likely N-dealkylation sites (N-methyl/N-ethyl adjacent to an activating group) is 1. The fourth-order valence-corrected chi connectivity index (χ4v) is 1.47. The predicted molar refractivity (Wildman–Crippen MR) is 65.8 cm³/mol. The van der Waals surface area contributed by atoms with E-state index in [2.05, 4.69) is 5.32 Å². The van der Waals surface area contributed by atoms with Gasteiger partial charge in [-0.15, -0.1) is 0 Å². The van der Waals surface area contributed by atoms with Gasteiger partial charge in [0.1, 0.15) is 5.75 Å². The number of aliphatic hydroxyl groups excluding tert-OH is 1. The highest BCUT2D eigenvalue weighted by Crippen LogP contribution is 2.20. The lowest BCUT2D eigenvalue weighted by Gasteiger charge is -2.14. The molecule has 4 heteroatoms. The van der Waals surface area contributed by atoms with E-state index in [-0.39, 0.29) is 5.91 Å². The van der Waals surface area contributed by atoms with Gasteiger partial charge in [0.15, 0.2) is 6.10 Å². The fourth-order valence-electron chi connectivity index (χ4n) is 1.47. The van der Waals surface area contributed by atoms with Crippen molar-refractivity contribution in [1.82, 2.24) is 5.32 Å². The lowest BCUT2D eigenvalue weighted by Crippen LogP contribution is -2.33. The van der Waals surface area contributed by atoms with Gasteiger partial charge in [0, 0.05) is 7.05 Å². The number of ether oxygens (including phenoxy) is 1. The van der Waals surface area contributed by atoms with Crippen LogP contribution in [0.3, 0.4) is 0 Å². The van der Waals surface area contributed by atoms with Gasteiger partial charge < -0.3 is 15.2 Å². The van der Waals surface area contributed by atoms with Crippen molar-refractivity contribution in [3.05, 3.63) is 29.8 Å². The number of carbonyl (C=O) groups is 1. The van der Waals surface area contributed by atoms with Gasteiger partial charge in [-0.05, 0) is 31.0 Å². The molecule has 0 aliphatic heterocycles. The van der Waals surface area contributed by atoms with Crippen LogP contribution in [-0.4, -0.2) is 24.2 Å². The van der Waals surface area contributed by atoms with Crippen molar-refractivity contribution in [2.45, 2.75) is 32.5 Å². The first kappa shape index (κ1) is 13.5. The molecule has 4 nitrogen and oxygen atoms in total. The van der Waals surface area contributed by atoms with E-state index < -0.39 is 12.2 Å². The van der Waals surface area contributed by atoms with Crippen LogP contribution < -0.4 is 10.1 Å². The minimum atomic E-state index is -0.526. The summed E-state index contributed by atoms with van der Waals surface area (Å²) in [4.78, 5) is 11.3. The van der Waals surface area contributed by atoms with Crippen LogP contribution in [-0.2, 0) is 4.79 Å². The molecule has 0 saturated heterocycles. The molecule has 2 N–H and O–H groups in total. The Bertz CT molecular complexity index is 361.